The van der Waals surface area contributed by atoms with E-state index in [-0.39, 0.29) is 0 Å². The molecule has 0 radical (unpaired) electrons. The summed E-state index contributed by atoms with van der Waals surface area (Å²) in [4.78, 5) is 0. The Kier molecular flexibility index (Phi) is 5.93. The lowest BCUT2D eigenvalue weighted by molar-refractivity contribution is 0.273. The number of rotatable bonds is 7. The zero-order valence-electron chi connectivity index (χ0n) is 16.0. The van der Waals surface area contributed by atoms with Crippen LogP contribution in [-0.2, 0) is 5.88 Å². The lowest BCUT2D eigenvalue weighted by atomic mass is 9.99. The summed E-state index contributed by atoms with van der Waals surface area (Å²) in [5.41, 5.74) is 1.08. The minimum atomic E-state index is 0.455. The van der Waals surface area contributed by atoms with Gasteiger partial charge in [0.15, 0.2) is 0 Å². The van der Waals surface area contributed by atoms with E-state index in [1.807, 2.05) is 6.07 Å². The maximum Gasteiger partial charge on any atom is 0.135 e. The van der Waals surface area contributed by atoms with Crippen LogP contribution in [0.4, 0.5) is 0 Å². The molecule has 2 nitrogen and oxygen atoms in total. The van der Waals surface area contributed by atoms with Crippen molar-refractivity contribution in [1.29, 1.82) is 0 Å². The first-order chi connectivity index (χ1) is 12.5. The highest BCUT2D eigenvalue weighted by Crippen LogP contribution is 2.43. The molecule has 3 heteroatoms. The first-order valence-electron chi connectivity index (χ1n) is 9.30. The molecule has 0 aliphatic heterocycles. The van der Waals surface area contributed by atoms with Gasteiger partial charge in [0.1, 0.15) is 11.5 Å². The van der Waals surface area contributed by atoms with Crippen LogP contribution < -0.4 is 9.47 Å². The number of halogens is 1. The van der Waals surface area contributed by atoms with E-state index >= 15 is 0 Å². The third-order valence-corrected chi connectivity index (χ3v) is 4.57. The molecule has 26 heavy (non-hydrogen) atoms. The molecule has 138 valence electrons. The molecule has 0 fully saturated rings. The summed E-state index contributed by atoms with van der Waals surface area (Å²) in [7, 11) is 0. The van der Waals surface area contributed by atoms with Gasteiger partial charge in [-0.25, -0.2) is 0 Å². The molecule has 3 rings (SSSR count). The highest BCUT2D eigenvalue weighted by Gasteiger charge is 2.17. The van der Waals surface area contributed by atoms with Crippen molar-refractivity contribution in [3.05, 3.63) is 48.0 Å². The van der Waals surface area contributed by atoms with Gasteiger partial charge in [0.25, 0.3) is 0 Å². The van der Waals surface area contributed by atoms with Crippen molar-refractivity contribution in [2.24, 2.45) is 11.8 Å². The fraction of sp³-hybridized carbons (Fsp3) is 0.391. The Balaban J connectivity index is 2.29. The number of benzene rings is 3. The molecule has 0 atom stereocenters. The zero-order valence-corrected chi connectivity index (χ0v) is 16.8. The summed E-state index contributed by atoms with van der Waals surface area (Å²) in [6.45, 7) is 10.0. The Morgan fingerprint density at radius 3 is 1.73 bits per heavy atom. The first kappa shape index (κ1) is 18.8. The Morgan fingerprint density at radius 1 is 0.731 bits per heavy atom. The summed E-state index contributed by atoms with van der Waals surface area (Å²) in [5.74, 6) is 3.25. The Hall–Kier alpha value is -1.93. The smallest absolute Gasteiger partial charge is 0.135 e. The molecular weight excluding hydrogens is 344 g/mol. The topological polar surface area (TPSA) is 18.5 Å². The summed E-state index contributed by atoms with van der Waals surface area (Å²) >= 11 is 6.10. The number of hydrogen-bond acceptors (Lipinski definition) is 2. The van der Waals surface area contributed by atoms with Gasteiger partial charge in [-0.15, -0.1) is 11.6 Å². The van der Waals surface area contributed by atoms with Crippen LogP contribution in [0.3, 0.4) is 0 Å². The highest BCUT2D eigenvalue weighted by atomic mass is 35.5. The van der Waals surface area contributed by atoms with E-state index in [0.717, 1.165) is 38.6 Å². The second-order valence-electron chi connectivity index (χ2n) is 7.63. The SMILES string of the molecule is CC(C)COc1c2ccccc2c(OCC(C)C)c2cc(CCl)ccc12. The highest BCUT2D eigenvalue weighted by molar-refractivity contribution is 6.17. The molecule has 0 heterocycles. The lowest BCUT2D eigenvalue weighted by Gasteiger charge is -2.19. The third-order valence-electron chi connectivity index (χ3n) is 4.27. The summed E-state index contributed by atoms with van der Waals surface area (Å²) in [6.07, 6.45) is 0. The molecule has 0 spiro atoms. The van der Waals surface area contributed by atoms with Crippen LogP contribution in [0.2, 0.25) is 0 Å². The molecule has 0 aliphatic carbocycles. The second-order valence-corrected chi connectivity index (χ2v) is 7.89. The van der Waals surface area contributed by atoms with Gasteiger partial charge in [0, 0.05) is 27.4 Å². The molecule has 0 bridgehead atoms. The van der Waals surface area contributed by atoms with Gasteiger partial charge in [-0.2, -0.15) is 0 Å². The molecule has 0 saturated carbocycles. The van der Waals surface area contributed by atoms with Crippen molar-refractivity contribution in [3.8, 4) is 11.5 Å². The molecule has 0 amide bonds. The van der Waals surface area contributed by atoms with Crippen molar-refractivity contribution in [2.75, 3.05) is 13.2 Å². The average molecular weight is 371 g/mol. The fourth-order valence-electron chi connectivity index (χ4n) is 3.04. The standard InChI is InChI=1S/C23H27ClO2/c1-15(2)13-25-22-18-7-5-6-8-19(18)23(26-14-16(3)4)21-11-17(12-24)9-10-20(21)22/h5-11,15-16H,12-14H2,1-4H3. The monoisotopic (exact) mass is 370 g/mol. The largest absolute Gasteiger partial charge is 0.492 e. The number of fused-ring (bicyclic) bond motifs is 2. The Bertz CT molecular complexity index is 899. The fourth-order valence-corrected chi connectivity index (χ4v) is 3.21. The molecule has 3 aromatic rings. The van der Waals surface area contributed by atoms with Crippen molar-refractivity contribution in [2.45, 2.75) is 33.6 Å². The maximum atomic E-state index is 6.28. The van der Waals surface area contributed by atoms with E-state index in [1.165, 1.54) is 0 Å². The van der Waals surface area contributed by atoms with Gasteiger partial charge < -0.3 is 9.47 Å². The van der Waals surface area contributed by atoms with Crippen LogP contribution >= 0.6 is 11.6 Å². The van der Waals surface area contributed by atoms with Crippen molar-refractivity contribution < 1.29 is 9.47 Å². The number of alkyl halides is 1. The third kappa shape index (κ3) is 3.91. The quantitative estimate of drug-likeness (QED) is 0.336. The summed E-state index contributed by atoms with van der Waals surface area (Å²) in [6, 6.07) is 14.6. The van der Waals surface area contributed by atoms with E-state index in [2.05, 4.69) is 64.1 Å². The minimum Gasteiger partial charge on any atom is -0.492 e. The van der Waals surface area contributed by atoms with Crippen LogP contribution in [-0.4, -0.2) is 13.2 Å². The molecule has 0 unspecified atom stereocenters. The van der Waals surface area contributed by atoms with Crippen molar-refractivity contribution >= 4 is 33.1 Å². The van der Waals surface area contributed by atoms with Crippen LogP contribution in [0.1, 0.15) is 33.3 Å². The van der Waals surface area contributed by atoms with Gasteiger partial charge in [-0.1, -0.05) is 64.1 Å². The second kappa shape index (κ2) is 8.18. The van der Waals surface area contributed by atoms with E-state index in [9.17, 15) is 0 Å². The van der Waals surface area contributed by atoms with Crippen LogP contribution in [0.5, 0.6) is 11.5 Å². The molecule has 0 saturated heterocycles. The molecule has 0 aromatic heterocycles. The molecule has 3 aromatic carbocycles. The van der Waals surface area contributed by atoms with E-state index in [4.69, 9.17) is 21.1 Å². The van der Waals surface area contributed by atoms with Gasteiger partial charge >= 0.3 is 0 Å². The Morgan fingerprint density at radius 2 is 1.23 bits per heavy atom. The maximum absolute atomic E-state index is 6.28. The summed E-state index contributed by atoms with van der Waals surface area (Å²) in [5, 5.41) is 4.34. The minimum absolute atomic E-state index is 0.455. The molecule has 0 N–H and O–H groups in total. The summed E-state index contributed by atoms with van der Waals surface area (Å²) < 4.78 is 12.5. The number of hydrogen-bond donors (Lipinski definition) is 0. The molecular formula is C23H27ClO2. The van der Waals surface area contributed by atoms with Gasteiger partial charge in [-0.3, -0.25) is 0 Å². The molecule has 0 aliphatic rings. The van der Waals surface area contributed by atoms with Gasteiger partial charge in [0.2, 0.25) is 0 Å². The first-order valence-corrected chi connectivity index (χ1v) is 9.83. The van der Waals surface area contributed by atoms with Gasteiger partial charge in [-0.05, 0) is 23.5 Å². The average Bonchev–Trinajstić information content (AvgIpc) is 2.63. The van der Waals surface area contributed by atoms with Gasteiger partial charge in [0.05, 0.1) is 13.2 Å². The number of ether oxygens (including phenoxy) is 2. The normalized spacial score (nSPS) is 11.7. The van der Waals surface area contributed by atoms with E-state index in [1.54, 1.807) is 0 Å². The van der Waals surface area contributed by atoms with Crippen molar-refractivity contribution in [1.82, 2.24) is 0 Å². The van der Waals surface area contributed by atoms with E-state index < -0.39 is 0 Å². The predicted molar refractivity (Wildman–Crippen MR) is 112 cm³/mol. The van der Waals surface area contributed by atoms with Crippen LogP contribution in [0.15, 0.2) is 42.5 Å². The van der Waals surface area contributed by atoms with Crippen LogP contribution in [0, 0.1) is 11.8 Å². The van der Waals surface area contributed by atoms with Crippen molar-refractivity contribution in [3.63, 3.8) is 0 Å². The zero-order chi connectivity index (χ0) is 18.7. The van der Waals surface area contributed by atoms with Crippen LogP contribution in [0.25, 0.3) is 21.5 Å². The lowest BCUT2D eigenvalue weighted by Crippen LogP contribution is -2.08. The predicted octanol–water partition coefficient (Wildman–Crippen LogP) is 6.80. The van der Waals surface area contributed by atoms with E-state index in [0.29, 0.717) is 30.9 Å². The Labute approximate surface area is 161 Å².